The van der Waals surface area contributed by atoms with Crippen LogP contribution in [0.1, 0.15) is 36.8 Å². The van der Waals surface area contributed by atoms with E-state index in [-0.39, 0.29) is 0 Å². The first kappa shape index (κ1) is 16.6. The molecule has 3 heteroatoms. The third-order valence-electron chi connectivity index (χ3n) is 4.77. The first-order chi connectivity index (χ1) is 11.7. The Balaban J connectivity index is 2.09. The van der Waals surface area contributed by atoms with Crippen molar-refractivity contribution in [2.45, 2.75) is 31.3 Å². The van der Waals surface area contributed by atoms with Crippen LogP contribution in [-0.4, -0.2) is 19.3 Å². The zero-order chi connectivity index (χ0) is 17.0. The summed E-state index contributed by atoms with van der Waals surface area (Å²) in [5.74, 6) is 1.57. The molecule has 0 spiro atoms. The summed E-state index contributed by atoms with van der Waals surface area (Å²) in [5, 5.41) is 11.8. The number of benzene rings is 2. The van der Waals surface area contributed by atoms with Gasteiger partial charge in [-0.15, -0.1) is 0 Å². The minimum Gasteiger partial charge on any atom is -0.497 e. The maximum absolute atomic E-state index is 11.8. The van der Waals surface area contributed by atoms with Gasteiger partial charge >= 0.3 is 0 Å². The summed E-state index contributed by atoms with van der Waals surface area (Å²) < 4.78 is 10.5. The molecule has 0 saturated carbocycles. The third kappa shape index (κ3) is 3.04. The molecular formula is C21H24O3. The summed E-state index contributed by atoms with van der Waals surface area (Å²) in [6, 6.07) is 15.4. The molecule has 0 saturated heterocycles. The van der Waals surface area contributed by atoms with Gasteiger partial charge in [0.25, 0.3) is 0 Å². The van der Waals surface area contributed by atoms with Gasteiger partial charge in [0.1, 0.15) is 17.1 Å². The van der Waals surface area contributed by atoms with Gasteiger partial charge in [-0.05, 0) is 66.6 Å². The average Bonchev–Trinajstić information content (AvgIpc) is 2.68. The summed E-state index contributed by atoms with van der Waals surface area (Å²) in [4.78, 5) is 0. The molecule has 3 rings (SSSR count). The van der Waals surface area contributed by atoms with Crippen molar-refractivity contribution in [2.75, 3.05) is 14.2 Å². The molecule has 2 aromatic rings. The van der Waals surface area contributed by atoms with Crippen molar-refractivity contribution < 1.29 is 14.6 Å². The van der Waals surface area contributed by atoms with Crippen molar-refractivity contribution in [3.8, 4) is 11.5 Å². The Morgan fingerprint density at radius 2 is 1.29 bits per heavy atom. The monoisotopic (exact) mass is 324 g/mol. The highest BCUT2D eigenvalue weighted by Crippen LogP contribution is 2.41. The minimum absolute atomic E-state index is 0.786. The third-order valence-corrected chi connectivity index (χ3v) is 4.77. The molecule has 1 aliphatic rings. The van der Waals surface area contributed by atoms with E-state index in [2.05, 4.69) is 6.08 Å². The van der Waals surface area contributed by atoms with Crippen molar-refractivity contribution in [2.24, 2.45) is 0 Å². The van der Waals surface area contributed by atoms with Crippen molar-refractivity contribution in [1.29, 1.82) is 0 Å². The molecule has 2 aromatic carbocycles. The lowest BCUT2D eigenvalue weighted by molar-refractivity contribution is 0.114. The molecule has 0 heterocycles. The Morgan fingerprint density at radius 3 is 1.67 bits per heavy atom. The van der Waals surface area contributed by atoms with E-state index in [4.69, 9.17) is 9.47 Å². The largest absolute Gasteiger partial charge is 0.497 e. The molecule has 0 radical (unpaired) electrons. The molecule has 0 atom stereocenters. The molecule has 24 heavy (non-hydrogen) atoms. The Kier molecular flexibility index (Phi) is 4.91. The smallest absolute Gasteiger partial charge is 0.136 e. The zero-order valence-corrected chi connectivity index (χ0v) is 14.3. The Bertz CT molecular complexity index is 651. The van der Waals surface area contributed by atoms with Crippen LogP contribution in [0.2, 0.25) is 0 Å². The lowest BCUT2D eigenvalue weighted by Crippen LogP contribution is -2.30. The molecule has 0 bridgehead atoms. The molecule has 0 aromatic heterocycles. The average molecular weight is 324 g/mol. The minimum atomic E-state index is -1.11. The summed E-state index contributed by atoms with van der Waals surface area (Å²) in [6.07, 6.45) is 6.42. The Morgan fingerprint density at radius 1 is 0.792 bits per heavy atom. The normalized spacial score (nSPS) is 14.9. The van der Waals surface area contributed by atoms with Gasteiger partial charge < -0.3 is 14.6 Å². The molecule has 0 amide bonds. The van der Waals surface area contributed by atoms with E-state index in [0.717, 1.165) is 47.5 Å². The number of aliphatic hydroxyl groups is 1. The fourth-order valence-corrected chi connectivity index (χ4v) is 3.37. The van der Waals surface area contributed by atoms with Crippen LogP contribution in [0.15, 0.2) is 60.2 Å². The predicted octanol–water partition coefficient (Wildman–Crippen LogP) is 4.44. The van der Waals surface area contributed by atoms with Gasteiger partial charge in [0.05, 0.1) is 14.2 Å². The molecule has 3 nitrogen and oxygen atoms in total. The van der Waals surface area contributed by atoms with E-state index in [1.807, 2.05) is 48.5 Å². The number of hydrogen-bond donors (Lipinski definition) is 1. The summed E-state index contributed by atoms with van der Waals surface area (Å²) in [5.41, 5.74) is 1.69. The van der Waals surface area contributed by atoms with E-state index in [0.29, 0.717) is 0 Å². The second-order valence-electron chi connectivity index (χ2n) is 6.14. The molecule has 0 aliphatic heterocycles. The van der Waals surface area contributed by atoms with Gasteiger partial charge in [0.15, 0.2) is 0 Å². The summed E-state index contributed by atoms with van der Waals surface area (Å²) in [6.45, 7) is 0. The van der Waals surface area contributed by atoms with Gasteiger partial charge in [-0.1, -0.05) is 30.3 Å². The van der Waals surface area contributed by atoms with E-state index in [9.17, 15) is 5.11 Å². The maximum Gasteiger partial charge on any atom is 0.136 e. The fourth-order valence-electron chi connectivity index (χ4n) is 3.37. The van der Waals surface area contributed by atoms with E-state index in [1.165, 1.54) is 6.42 Å². The number of ether oxygens (including phenoxy) is 2. The molecule has 0 fully saturated rings. The second-order valence-corrected chi connectivity index (χ2v) is 6.14. The zero-order valence-electron chi connectivity index (χ0n) is 14.3. The topological polar surface area (TPSA) is 38.7 Å². The van der Waals surface area contributed by atoms with Crippen molar-refractivity contribution in [3.05, 3.63) is 71.3 Å². The molecule has 0 unspecified atom stereocenters. The van der Waals surface area contributed by atoms with Crippen molar-refractivity contribution in [3.63, 3.8) is 0 Å². The highest BCUT2D eigenvalue weighted by atomic mass is 16.5. The van der Waals surface area contributed by atoms with Crippen molar-refractivity contribution >= 4 is 0 Å². The van der Waals surface area contributed by atoms with Crippen LogP contribution in [0.25, 0.3) is 0 Å². The molecule has 1 N–H and O–H groups in total. The maximum atomic E-state index is 11.8. The fraction of sp³-hybridized carbons (Fsp3) is 0.333. The first-order valence-corrected chi connectivity index (χ1v) is 8.39. The highest BCUT2D eigenvalue weighted by Gasteiger charge is 2.36. The van der Waals surface area contributed by atoms with Gasteiger partial charge in [-0.2, -0.15) is 0 Å². The molecule has 126 valence electrons. The standard InChI is InChI=1S/C21H24O3/c1-23-19-12-8-17(9-13-19)21(22,16-6-4-3-5-7-16)18-10-14-20(24-2)15-11-18/h6,8-15,22H,3-5,7H2,1-2H3. The van der Waals surface area contributed by atoms with Crippen LogP contribution >= 0.6 is 0 Å². The van der Waals surface area contributed by atoms with E-state index < -0.39 is 5.60 Å². The Labute approximate surface area is 143 Å². The van der Waals surface area contributed by atoms with Gasteiger partial charge in [0.2, 0.25) is 0 Å². The van der Waals surface area contributed by atoms with Crippen molar-refractivity contribution in [1.82, 2.24) is 0 Å². The van der Waals surface area contributed by atoms with Gasteiger partial charge in [0, 0.05) is 0 Å². The SMILES string of the molecule is COc1ccc(C(O)(C2=CCCCC2)c2ccc(OC)cc2)cc1. The molecular weight excluding hydrogens is 300 g/mol. The van der Waals surface area contributed by atoms with Crippen LogP contribution in [0.3, 0.4) is 0 Å². The number of methoxy groups -OCH3 is 2. The quantitative estimate of drug-likeness (QED) is 0.826. The second kappa shape index (κ2) is 7.10. The van der Waals surface area contributed by atoms with Crippen LogP contribution < -0.4 is 9.47 Å². The molecule has 1 aliphatic carbocycles. The number of rotatable bonds is 5. The first-order valence-electron chi connectivity index (χ1n) is 8.39. The van der Waals surface area contributed by atoms with Crippen LogP contribution in [-0.2, 0) is 5.60 Å². The lowest BCUT2D eigenvalue weighted by Gasteiger charge is -2.34. The van der Waals surface area contributed by atoms with Gasteiger partial charge in [-0.3, -0.25) is 0 Å². The summed E-state index contributed by atoms with van der Waals surface area (Å²) in [7, 11) is 3.29. The van der Waals surface area contributed by atoms with Crippen LogP contribution in [0, 0.1) is 0 Å². The summed E-state index contributed by atoms with van der Waals surface area (Å²) >= 11 is 0. The van der Waals surface area contributed by atoms with E-state index in [1.54, 1.807) is 14.2 Å². The van der Waals surface area contributed by atoms with E-state index >= 15 is 0 Å². The predicted molar refractivity (Wildman–Crippen MR) is 95.5 cm³/mol. The van der Waals surface area contributed by atoms with Crippen LogP contribution in [0.5, 0.6) is 11.5 Å². The number of hydrogen-bond acceptors (Lipinski definition) is 3. The Hall–Kier alpha value is -2.26. The highest BCUT2D eigenvalue weighted by molar-refractivity contribution is 5.48. The number of allylic oxidation sites excluding steroid dienone is 1. The van der Waals surface area contributed by atoms with Crippen LogP contribution in [0.4, 0.5) is 0 Å². The lowest BCUT2D eigenvalue weighted by atomic mass is 9.76. The van der Waals surface area contributed by atoms with Gasteiger partial charge in [-0.25, -0.2) is 0 Å².